The lowest BCUT2D eigenvalue weighted by atomic mass is 9.69. The van der Waals surface area contributed by atoms with Gasteiger partial charge in [0.15, 0.2) is 17.2 Å². The van der Waals surface area contributed by atoms with Gasteiger partial charge < -0.3 is 20.4 Å². The van der Waals surface area contributed by atoms with E-state index < -0.39 is 41.5 Å². The number of amides is 5. The first kappa shape index (κ1) is 40.2. The lowest BCUT2D eigenvalue weighted by Crippen LogP contribution is -2.70. The molecular weight excluding hydrogens is 815 g/mol. The molecule has 0 radical (unpaired) electrons. The minimum Gasteiger partial charge on any atom is -0.385 e. The van der Waals surface area contributed by atoms with Crippen LogP contribution < -0.4 is 25.8 Å². The molecule has 4 aliphatic heterocycles. The van der Waals surface area contributed by atoms with E-state index in [1.165, 1.54) is 40.9 Å². The summed E-state index contributed by atoms with van der Waals surface area (Å²) in [5.41, 5.74) is 4.09. The predicted molar refractivity (Wildman–Crippen MR) is 221 cm³/mol. The van der Waals surface area contributed by atoms with Crippen molar-refractivity contribution in [3.05, 3.63) is 93.6 Å². The number of imide groups is 1. The number of carbonyl (C=O) groups excluding carboxylic acids is 4. The van der Waals surface area contributed by atoms with E-state index in [9.17, 15) is 19.2 Å². The number of benzene rings is 2. The summed E-state index contributed by atoms with van der Waals surface area (Å²) in [5, 5.41) is 12.9. The van der Waals surface area contributed by atoms with E-state index in [1.54, 1.807) is 20.2 Å². The molecule has 0 unspecified atom stereocenters. The summed E-state index contributed by atoms with van der Waals surface area (Å²) in [7, 11) is 3.30. The van der Waals surface area contributed by atoms with Crippen LogP contribution >= 0.6 is 11.6 Å². The van der Waals surface area contributed by atoms with Gasteiger partial charge in [-0.05, 0) is 60.7 Å². The number of fused-ring (bicyclic) bond motifs is 2. The number of piperidine rings is 1. The van der Waals surface area contributed by atoms with Gasteiger partial charge in [0.05, 0.1) is 29.5 Å². The van der Waals surface area contributed by atoms with Crippen LogP contribution in [0.3, 0.4) is 0 Å². The largest absolute Gasteiger partial charge is 0.385 e. The first-order chi connectivity index (χ1) is 29.2. The number of imidazole rings is 1. The molecule has 5 aromatic rings. The molecule has 5 amide bonds. The number of anilines is 4. The standard InChI is InChI=1S/C42H41ClF3N11O4/c1-23-28(43)14-25(15-32(23)56-11-8-35(58)51-40(56)61)39(60)54-12-9-41(42(45,46)22-54)20-53(21-41)19-24-13-29(44)36(49-17-24)27-5-4-6-31-26(27)7-10-55(31)34-16-30(47-2)37-50-18-33(38(59)48-3)57(37)52-34/h4-6,13-18,47H,7-12,19-22H2,1-3H3,(H,48,59)(H,51,58,61). The topological polar surface area (TPSA) is 160 Å². The number of pyridine rings is 1. The summed E-state index contributed by atoms with van der Waals surface area (Å²) in [6, 6.07) is 11.1. The Hall–Kier alpha value is -6.27. The summed E-state index contributed by atoms with van der Waals surface area (Å²) in [6.45, 7) is 1.97. The number of hydrogen-bond acceptors (Lipinski definition) is 10. The van der Waals surface area contributed by atoms with Gasteiger partial charge in [-0.3, -0.25) is 34.5 Å². The second-order valence-corrected chi connectivity index (χ2v) is 16.4. The Balaban J connectivity index is 0.870. The molecule has 61 heavy (non-hydrogen) atoms. The number of carbonyl (C=O) groups is 4. The fourth-order valence-corrected chi connectivity index (χ4v) is 9.23. The maximum Gasteiger partial charge on any atom is 0.328 e. The first-order valence-electron chi connectivity index (χ1n) is 19.8. The zero-order valence-electron chi connectivity index (χ0n) is 33.5. The van der Waals surface area contributed by atoms with Crippen LogP contribution in [0.4, 0.5) is 40.8 Å². The van der Waals surface area contributed by atoms with E-state index >= 15 is 13.2 Å². The highest BCUT2D eigenvalue weighted by Gasteiger charge is 2.62. The number of nitrogens with one attached hydrogen (secondary N) is 3. The van der Waals surface area contributed by atoms with Gasteiger partial charge in [0, 0.05) is 93.9 Å². The van der Waals surface area contributed by atoms with E-state index in [0.717, 1.165) is 16.2 Å². The van der Waals surface area contributed by atoms with Crippen molar-refractivity contribution >= 4 is 63.9 Å². The van der Waals surface area contributed by atoms with Gasteiger partial charge in [0.2, 0.25) is 5.91 Å². The lowest BCUT2D eigenvalue weighted by Gasteiger charge is -2.57. The molecule has 3 fully saturated rings. The van der Waals surface area contributed by atoms with E-state index in [4.69, 9.17) is 16.7 Å². The molecule has 3 N–H and O–H groups in total. The number of nitrogens with zero attached hydrogens (tertiary/aromatic N) is 8. The third-order valence-corrected chi connectivity index (χ3v) is 12.7. The molecule has 15 nitrogen and oxygen atoms in total. The van der Waals surface area contributed by atoms with E-state index in [1.807, 2.05) is 34.1 Å². The van der Waals surface area contributed by atoms with Crippen molar-refractivity contribution in [2.45, 2.75) is 38.7 Å². The molecule has 1 spiro atoms. The minimum atomic E-state index is -3.21. The van der Waals surface area contributed by atoms with Gasteiger partial charge in [-0.15, -0.1) is 5.10 Å². The summed E-state index contributed by atoms with van der Waals surface area (Å²) in [5.74, 6) is -4.54. The Bertz CT molecular complexity index is 2670. The molecule has 4 aliphatic rings. The van der Waals surface area contributed by atoms with Gasteiger partial charge in [-0.2, -0.15) is 0 Å². The molecule has 19 heteroatoms. The Morgan fingerprint density at radius 2 is 1.74 bits per heavy atom. The maximum absolute atomic E-state index is 16.0. The van der Waals surface area contributed by atoms with Gasteiger partial charge in [0.25, 0.3) is 17.7 Å². The Kier molecular flexibility index (Phi) is 9.89. The summed E-state index contributed by atoms with van der Waals surface area (Å²) >= 11 is 6.45. The summed E-state index contributed by atoms with van der Waals surface area (Å²) < 4.78 is 49.5. The average molecular weight is 856 g/mol. The normalized spacial score (nSPS) is 18.3. The van der Waals surface area contributed by atoms with E-state index in [2.05, 4.69) is 25.9 Å². The monoisotopic (exact) mass is 855 g/mol. The van der Waals surface area contributed by atoms with Crippen LogP contribution in [0.5, 0.6) is 0 Å². The second kappa shape index (κ2) is 15.0. The quantitative estimate of drug-likeness (QED) is 0.184. The van der Waals surface area contributed by atoms with Crippen LogP contribution in [0.15, 0.2) is 54.9 Å². The van der Waals surface area contributed by atoms with Crippen molar-refractivity contribution < 1.29 is 32.3 Å². The summed E-state index contributed by atoms with van der Waals surface area (Å²) in [6.07, 6.45) is 3.76. The third kappa shape index (κ3) is 6.77. The number of urea groups is 1. The van der Waals surface area contributed by atoms with Crippen molar-refractivity contribution in [2.75, 3.05) is 68.5 Å². The van der Waals surface area contributed by atoms with Gasteiger partial charge >= 0.3 is 6.03 Å². The molecule has 9 rings (SSSR count). The molecule has 0 atom stereocenters. The Labute approximate surface area is 352 Å². The number of rotatable bonds is 8. The van der Waals surface area contributed by atoms with Crippen molar-refractivity contribution in [3.8, 4) is 11.3 Å². The molecule has 316 valence electrons. The third-order valence-electron chi connectivity index (χ3n) is 12.3. The van der Waals surface area contributed by atoms with Crippen molar-refractivity contribution in [1.82, 2.24) is 40.0 Å². The SMILES string of the molecule is CNC(=O)c1cnc2c(NC)cc(N3CCc4c(-c5ncc(CN6CC7(CCN(C(=O)c8cc(Cl)c(C)c(N9CCC(=O)NC9=O)c8)CC7(F)F)C6)cc5F)cccc43)nn12. The highest BCUT2D eigenvalue weighted by atomic mass is 35.5. The Morgan fingerprint density at radius 1 is 0.951 bits per heavy atom. The van der Waals surface area contributed by atoms with Gasteiger partial charge in [-0.1, -0.05) is 23.7 Å². The van der Waals surface area contributed by atoms with Crippen LogP contribution in [0, 0.1) is 18.2 Å². The molecule has 0 bridgehead atoms. The maximum atomic E-state index is 16.0. The lowest BCUT2D eigenvalue weighted by molar-refractivity contribution is -0.220. The van der Waals surface area contributed by atoms with Crippen LogP contribution in [0.1, 0.15) is 50.4 Å². The minimum absolute atomic E-state index is 0.0597. The van der Waals surface area contributed by atoms with Crippen LogP contribution in [-0.2, 0) is 17.8 Å². The van der Waals surface area contributed by atoms with Crippen molar-refractivity contribution in [1.29, 1.82) is 0 Å². The van der Waals surface area contributed by atoms with Crippen molar-refractivity contribution in [3.63, 3.8) is 0 Å². The zero-order valence-corrected chi connectivity index (χ0v) is 34.2. The van der Waals surface area contributed by atoms with Crippen LogP contribution in [0.25, 0.3) is 16.9 Å². The molecule has 3 aromatic heterocycles. The molecule has 3 saturated heterocycles. The summed E-state index contributed by atoms with van der Waals surface area (Å²) in [4.78, 5) is 65.6. The smallest absolute Gasteiger partial charge is 0.328 e. The molecule has 0 saturated carbocycles. The van der Waals surface area contributed by atoms with Crippen LogP contribution in [0.2, 0.25) is 5.02 Å². The highest BCUT2D eigenvalue weighted by molar-refractivity contribution is 6.32. The number of alkyl halides is 2. The molecule has 2 aromatic carbocycles. The van der Waals surface area contributed by atoms with Crippen molar-refractivity contribution in [2.24, 2.45) is 5.41 Å². The number of halogens is 4. The fourth-order valence-electron chi connectivity index (χ4n) is 9.02. The van der Waals surface area contributed by atoms with Gasteiger partial charge in [-0.25, -0.2) is 27.5 Å². The van der Waals surface area contributed by atoms with E-state index in [-0.39, 0.29) is 73.4 Å². The molecule has 0 aliphatic carbocycles. The first-order valence-corrected chi connectivity index (χ1v) is 20.2. The molecule has 7 heterocycles. The number of aromatic nitrogens is 4. The van der Waals surface area contributed by atoms with Crippen LogP contribution in [-0.4, -0.2) is 112 Å². The molecular formula is C42H41ClF3N11O4. The second-order valence-electron chi connectivity index (χ2n) is 16.0. The Morgan fingerprint density at radius 3 is 2.46 bits per heavy atom. The number of likely N-dealkylation sites (tertiary alicyclic amines) is 2. The predicted octanol–water partition coefficient (Wildman–Crippen LogP) is 5.42. The zero-order chi connectivity index (χ0) is 43.0. The number of hydrogen-bond donors (Lipinski definition) is 3. The van der Waals surface area contributed by atoms with Gasteiger partial charge in [0.1, 0.15) is 11.5 Å². The fraction of sp³-hybridized carbons (Fsp3) is 0.357. The van der Waals surface area contributed by atoms with E-state index in [0.29, 0.717) is 52.5 Å². The highest BCUT2D eigenvalue weighted by Crippen LogP contribution is 2.51. The average Bonchev–Trinajstić information content (AvgIpc) is 3.86.